The molecule has 0 spiro atoms. The molecule has 0 amide bonds. The molecule has 0 bridgehead atoms. The van der Waals surface area contributed by atoms with E-state index in [0.29, 0.717) is 6.42 Å². The third-order valence-electron chi connectivity index (χ3n) is 3.33. The number of rotatable bonds is 0. The van der Waals surface area contributed by atoms with Crippen LogP contribution in [-0.4, -0.2) is 29.2 Å². The molecule has 0 aromatic heterocycles. The summed E-state index contributed by atoms with van der Waals surface area (Å²) in [6, 6.07) is 0. The smallest absolute Gasteiger partial charge is 0.163 e. The highest BCUT2D eigenvalue weighted by molar-refractivity contribution is 5.02. The second kappa shape index (κ2) is 4.47. The minimum absolute atomic E-state index is 0.118. The van der Waals surface area contributed by atoms with E-state index < -0.39 is 5.79 Å². The molecule has 1 aliphatic heterocycles. The molecule has 1 saturated carbocycles. The lowest BCUT2D eigenvalue weighted by Crippen LogP contribution is -2.22. The van der Waals surface area contributed by atoms with Crippen molar-refractivity contribution in [1.29, 1.82) is 0 Å². The maximum Gasteiger partial charge on any atom is 0.163 e. The first-order valence-electron chi connectivity index (χ1n) is 6.16. The molecular formula is C13H22O3. The highest BCUT2D eigenvalue weighted by atomic mass is 16.7. The number of ether oxygens (including phenoxy) is 2. The van der Waals surface area contributed by atoms with Crippen LogP contribution in [0.2, 0.25) is 0 Å². The first-order valence-corrected chi connectivity index (χ1v) is 6.16. The van der Waals surface area contributed by atoms with Crippen molar-refractivity contribution >= 4 is 0 Å². The third-order valence-corrected chi connectivity index (χ3v) is 3.33. The van der Waals surface area contributed by atoms with Gasteiger partial charge in [-0.3, -0.25) is 0 Å². The first kappa shape index (κ1) is 12.1. The Hall–Kier alpha value is -0.380. The molecule has 16 heavy (non-hydrogen) atoms. The standard InChI is InChI=1S/C13H22O3/c1-9-7-10(14)5-4-6-11-12(8-9)16-13(2,3)15-11/h10-12,14H,1,4-8H2,2-3H3/t10?,11-,12+/m1/s1. The summed E-state index contributed by atoms with van der Waals surface area (Å²) in [5.41, 5.74) is 1.07. The van der Waals surface area contributed by atoms with Crippen LogP contribution in [0.25, 0.3) is 0 Å². The molecule has 2 aliphatic rings. The van der Waals surface area contributed by atoms with Crippen molar-refractivity contribution in [3.05, 3.63) is 12.2 Å². The molecule has 2 rings (SSSR count). The lowest BCUT2D eigenvalue weighted by molar-refractivity contribution is -0.146. The van der Waals surface area contributed by atoms with Crippen LogP contribution in [0.15, 0.2) is 12.2 Å². The van der Waals surface area contributed by atoms with Gasteiger partial charge in [-0.05, 0) is 46.0 Å². The summed E-state index contributed by atoms with van der Waals surface area (Å²) >= 11 is 0. The fourth-order valence-corrected chi connectivity index (χ4v) is 2.68. The minimum Gasteiger partial charge on any atom is -0.393 e. The quantitative estimate of drug-likeness (QED) is 0.645. The first-order chi connectivity index (χ1) is 7.46. The number of aliphatic hydroxyl groups excluding tert-OH is 1. The highest BCUT2D eigenvalue weighted by Gasteiger charge is 2.41. The summed E-state index contributed by atoms with van der Waals surface area (Å²) in [5.74, 6) is -0.465. The second-order valence-electron chi connectivity index (χ2n) is 5.46. The topological polar surface area (TPSA) is 38.7 Å². The van der Waals surface area contributed by atoms with E-state index in [1.807, 2.05) is 13.8 Å². The van der Waals surface area contributed by atoms with Crippen LogP contribution in [0.3, 0.4) is 0 Å². The zero-order chi connectivity index (χ0) is 11.8. The van der Waals surface area contributed by atoms with Crippen molar-refractivity contribution in [1.82, 2.24) is 0 Å². The summed E-state index contributed by atoms with van der Waals surface area (Å²) < 4.78 is 11.8. The van der Waals surface area contributed by atoms with Crippen LogP contribution >= 0.6 is 0 Å². The fourth-order valence-electron chi connectivity index (χ4n) is 2.68. The van der Waals surface area contributed by atoms with Gasteiger partial charge in [0.1, 0.15) is 0 Å². The number of hydrogen-bond donors (Lipinski definition) is 1. The van der Waals surface area contributed by atoms with E-state index >= 15 is 0 Å². The molecule has 0 aromatic carbocycles. The molecule has 3 heteroatoms. The van der Waals surface area contributed by atoms with Crippen molar-refractivity contribution in [2.75, 3.05) is 0 Å². The summed E-state index contributed by atoms with van der Waals surface area (Å²) in [5, 5.41) is 9.73. The molecule has 1 saturated heterocycles. The normalized spacial score (nSPS) is 39.7. The Kier molecular flexibility index (Phi) is 3.38. The SMILES string of the molecule is C=C1CC(O)CCC[C@H]2OC(C)(C)O[C@H]2C1. The van der Waals surface area contributed by atoms with Crippen LogP contribution in [0.1, 0.15) is 46.0 Å². The van der Waals surface area contributed by atoms with Crippen molar-refractivity contribution in [3.8, 4) is 0 Å². The van der Waals surface area contributed by atoms with E-state index in [0.717, 1.165) is 31.3 Å². The van der Waals surface area contributed by atoms with Crippen LogP contribution in [0.4, 0.5) is 0 Å². The number of hydrogen-bond acceptors (Lipinski definition) is 3. The summed E-state index contributed by atoms with van der Waals surface area (Å²) in [6.07, 6.45) is 4.36. The number of fused-ring (bicyclic) bond motifs is 1. The molecule has 0 radical (unpaired) electrons. The fraction of sp³-hybridized carbons (Fsp3) is 0.846. The largest absolute Gasteiger partial charge is 0.393 e. The van der Waals surface area contributed by atoms with E-state index in [2.05, 4.69) is 6.58 Å². The predicted molar refractivity (Wildman–Crippen MR) is 62.1 cm³/mol. The Morgan fingerprint density at radius 2 is 1.88 bits per heavy atom. The molecule has 2 fully saturated rings. The van der Waals surface area contributed by atoms with Crippen LogP contribution in [-0.2, 0) is 9.47 Å². The van der Waals surface area contributed by atoms with Gasteiger partial charge in [0, 0.05) is 0 Å². The Balaban J connectivity index is 2.05. The van der Waals surface area contributed by atoms with Gasteiger partial charge in [0.05, 0.1) is 18.3 Å². The summed E-state index contributed by atoms with van der Waals surface area (Å²) in [4.78, 5) is 0. The van der Waals surface area contributed by atoms with Crippen molar-refractivity contribution in [2.24, 2.45) is 0 Å². The molecule has 1 aliphatic carbocycles. The molecular weight excluding hydrogens is 204 g/mol. The van der Waals surface area contributed by atoms with E-state index in [1.165, 1.54) is 0 Å². The predicted octanol–water partition coefficient (Wildman–Crippen LogP) is 2.39. The zero-order valence-corrected chi connectivity index (χ0v) is 10.2. The maximum atomic E-state index is 9.73. The van der Waals surface area contributed by atoms with Gasteiger partial charge in [-0.2, -0.15) is 0 Å². The van der Waals surface area contributed by atoms with Crippen LogP contribution in [0, 0.1) is 0 Å². The summed E-state index contributed by atoms with van der Waals surface area (Å²) in [6.45, 7) is 7.94. The van der Waals surface area contributed by atoms with Gasteiger partial charge in [-0.1, -0.05) is 12.2 Å². The number of aliphatic hydroxyl groups is 1. The van der Waals surface area contributed by atoms with Crippen molar-refractivity contribution < 1.29 is 14.6 Å². The van der Waals surface area contributed by atoms with Crippen LogP contribution < -0.4 is 0 Å². The molecule has 3 atom stereocenters. The van der Waals surface area contributed by atoms with E-state index in [4.69, 9.17) is 9.47 Å². The molecule has 1 unspecified atom stereocenters. The van der Waals surface area contributed by atoms with Gasteiger partial charge in [0.15, 0.2) is 5.79 Å². The molecule has 92 valence electrons. The molecule has 1 N–H and O–H groups in total. The van der Waals surface area contributed by atoms with Crippen molar-refractivity contribution in [3.63, 3.8) is 0 Å². The highest BCUT2D eigenvalue weighted by Crippen LogP contribution is 2.35. The van der Waals surface area contributed by atoms with Crippen molar-refractivity contribution in [2.45, 2.75) is 70.1 Å². The van der Waals surface area contributed by atoms with Crippen LogP contribution in [0.5, 0.6) is 0 Å². The monoisotopic (exact) mass is 226 g/mol. The Morgan fingerprint density at radius 1 is 1.19 bits per heavy atom. The lowest BCUT2D eigenvalue weighted by Gasteiger charge is -2.18. The average molecular weight is 226 g/mol. The molecule has 0 aromatic rings. The lowest BCUT2D eigenvalue weighted by atomic mass is 10.0. The Labute approximate surface area is 97.4 Å². The Morgan fingerprint density at radius 3 is 2.62 bits per heavy atom. The zero-order valence-electron chi connectivity index (χ0n) is 10.2. The van der Waals surface area contributed by atoms with Gasteiger partial charge in [0.2, 0.25) is 0 Å². The average Bonchev–Trinajstić information content (AvgIpc) is 2.41. The van der Waals surface area contributed by atoms with Gasteiger partial charge in [0.25, 0.3) is 0 Å². The second-order valence-corrected chi connectivity index (χ2v) is 5.46. The van der Waals surface area contributed by atoms with E-state index in [9.17, 15) is 5.11 Å². The summed E-state index contributed by atoms with van der Waals surface area (Å²) in [7, 11) is 0. The minimum atomic E-state index is -0.465. The van der Waals surface area contributed by atoms with E-state index in [-0.39, 0.29) is 18.3 Å². The molecule has 1 heterocycles. The third kappa shape index (κ3) is 2.84. The van der Waals surface area contributed by atoms with Gasteiger partial charge >= 0.3 is 0 Å². The molecule has 3 nitrogen and oxygen atoms in total. The van der Waals surface area contributed by atoms with Gasteiger partial charge < -0.3 is 14.6 Å². The Bertz CT molecular complexity index is 272. The maximum absolute atomic E-state index is 9.73. The van der Waals surface area contributed by atoms with Gasteiger partial charge in [-0.25, -0.2) is 0 Å². The van der Waals surface area contributed by atoms with E-state index in [1.54, 1.807) is 0 Å². The van der Waals surface area contributed by atoms with Gasteiger partial charge in [-0.15, -0.1) is 0 Å².